The highest BCUT2D eigenvalue weighted by molar-refractivity contribution is 6.30. The van der Waals surface area contributed by atoms with Crippen LogP contribution in [0.2, 0.25) is 5.15 Å². The van der Waals surface area contributed by atoms with Crippen molar-refractivity contribution in [2.75, 3.05) is 12.4 Å². The molecular formula is C7H8ClN3O2. The average Bonchev–Trinajstić information content (AvgIpc) is 2.08. The molecule has 1 aromatic heterocycles. The number of aromatic nitrogens is 1. The maximum atomic E-state index is 10.6. The van der Waals surface area contributed by atoms with E-state index >= 15 is 0 Å². The third kappa shape index (κ3) is 1.70. The molecule has 13 heavy (non-hydrogen) atoms. The molecule has 6 heteroatoms. The van der Waals surface area contributed by atoms with Gasteiger partial charge in [-0.25, -0.2) is 4.98 Å². The van der Waals surface area contributed by atoms with E-state index in [0.717, 1.165) is 0 Å². The summed E-state index contributed by atoms with van der Waals surface area (Å²) >= 11 is 5.64. The van der Waals surface area contributed by atoms with Crippen molar-refractivity contribution in [1.29, 1.82) is 0 Å². The average molecular weight is 202 g/mol. The molecule has 1 heterocycles. The van der Waals surface area contributed by atoms with Crippen LogP contribution in [-0.2, 0) is 0 Å². The van der Waals surface area contributed by atoms with Gasteiger partial charge >= 0.3 is 0 Å². The second kappa shape index (κ2) is 3.57. The van der Waals surface area contributed by atoms with Crippen molar-refractivity contribution in [3.63, 3.8) is 0 Å². The van der Waals surface area contributed by atoms with Gasteiger partial charge in [-0.15, -0.1) is 0 Å². The minimum Gasteiger partial charge on any atom is -0.381 e. The Labute approximate surface area is 79.9 Å². The zero-order valence-electron chi connectivity index (χ0n) is 7.17. The second-order valence-electron chi connectivity index (χ2n) is 2.44. The van der Waals surface area contributed by atoms with E-state index in [2.05, 4.69) is 10.3 Å². The van der Waals surface area contributed by atoms with Crippen molar-refractivity contribution in [3.8, 4) is 0 Å². The van der Waals surface area contributed by atoms with Crippen LogP contribution in [0.15, 0.2) is 6.20 Å². The van der Waals surface area contributed by atoms with Gasteiger partial charge < -0.3 is 5.32 Å². The Bertz CT molecular complexity index is 354. The number of pyridine rings is 1. The Morgan fingerprint density at radius 3 is 2.77 bits per heavy atom. The second-order valence-corrected chi connectivity index (χ2v) is 2.80. The first-order valence-corrected chi connectivity index (χ1v) is 3.93. The molecular weight excluding hydrogens is 194 g/mol. The fraction of sp³-hybridized carbons (Fsp3) is 0.286. The summed E-state index contributed by atoms with van der Waals surface area (Å²) < 4.78 is 0. The van der Waals surface area contributed by atoms with E-state index in [1.54, 1.807) is 14.0 Å². The largest absolute Gasteiger partial charge is 0.381 e. The van der Waals surface area contributed by atoms with E-state index in [1.165, 1.54) is 6.20 Å². The lowest BCUT2D eigenvalue weighted by Crippen LogP contribution is -2.00. The molecule has 0 radical (unpaired) electrons. The Morgan fingerprint density at radius 2 is 2.31 bits per heavy atom. The predicted octanol–water partition coefficient (Wildman–Crippen LogP) is 1.99. The van der Waals surface area contributed by atoms with Gasteiger partial charge in [0.05, 0.1) is 16.7 Å². The van der Waals surface area contributed by atoms with Crippen LogP contribution in [0.4, 0.5) is 11.4 Å². The summed E-state index contributed by atoms with van der Waals surface area (Å²) in [5.41, 5.74) is 0.716. The zero-order chi connectivity index (χ0) is 10.0. The van der Waals surface area contributed by atoms with Crippen molar-refractivity contribution in [3.05, 3.63) is 27.0 Å². The quantitative estimate of drug-likeness (QED) is 0.451. The summed E-state index contributed by atoms with van der Waals surface area (Å²) in [4.78, 5) is 13.9. The molecule has 0 saturated heterocycles. The van der Waals surface area contributed by atoms with Crippen molar-refractivity contribution in [2.45, 2.75) is 6.92 Å². The van der Waals surface area contributed by atoms with Crippen LogP contribution < -0.4 is 5.32 Å². The minimum absolute atomic E-state index is 0.0255. The Kier molecular flexibility index (Phi) is 2.67. The first-order valence-electron chi connectivity index (χ1n) is 3.55. The van der Waals surface area contributed by atoms with Gasteiger partial charge in [0.2, 0.25) is 0 Å². The topological polar surface area (TPSA) is 68.1 Å². The molecule has 70 valence electrons. The summed E-state index contributed by atoms with van der Waals surface area (Å²) in [7, 11) is 1.59. The number of nitrogens with one attached hydrogen (secondary N) is 1. The van der Waals surface area contributed by atoms with Crippen LogP contribution in [0.3, 0.4) is 0 Å². The molecule has 0 aromatic carbocycles. The zero-order valence-corrected chi connectivity index (χ0v) is 7.92. The Hall–Kier alpha value is -1.36. The van der Waals surface area contributed by atoms with E-state index < -0.39 is 4.92 Å². The van der Waals surface area contributed by atoms with Gasteiger partial charge in [0.25, 0.3) is 5.69 Å². The smallest absolute Gasteiger partial charge is 0.299 e. The molecule has 0 fully saturated rings. The maximum absolute atomic E-state index is 10.6. The molecule has 0 amide bonds. The molecule has 5 nitrogen and oxygen atoms in total. The normalized spacial score (nSPS) is 9.77. The first-order chi connectivity index (χ1) is 6.07. The lowest BCUT2D eigenvalue weighted by atomic mass is 10.2. The van der Waals surface area contributed by atoms with Crippen molar-refractivity contribution < 1.29 is 4.92 Å². The maximum Gasteiger partial charge on any atom is 0.299 e. The molecule has 0 aliphatic rings. The van der Waals surface area contributed by atoms with Crippen molar-refractivity contribution in [1.82, 2.24) is 4.98 Å². The number of nitro groups is 1. The van der Waals surface area contributed by atoms with E-state index in [4.69, 9.17) is 11.6 Å². The fourth-order valence-electron chi connectivity index (χ4n) is 0.997. The summed E-state index contributed by atoms with van der Waals surface area (Å²) in [5, 5.41) is 13.5. The van der Waals surface area contributed by atoms with E-state index in [1.807, 2.05) is 0 Å². The predicted molar refractivity (Wildman–Crippen MR) is 50.2 cm³/mol. The number of rotatable bonds is 2. The van der Waals surface area contributed by atoms with Crippen LogP contribution in [0.1, 0.15) is 5.56 Å². The Balaban J connectivity index is 3.41. The van der Waals surface area contributed by atoms with Crippen LogP contribution in [-0.4, -0.2) is 17.0 Å². The molecule has 1 rings (SSSR count). The molecule has 0 aliphatic heterocycles. The molecule has 0 saturated carbocycles. The molecule has 0 atom stereocenters. The summed E-state index contributed by atoms with van der Waals surface area (Å²) in [6.07, 6.45) is 1.34. The monoisotopic (exact) mass is 201 g/mol. The van der Waals surface area contributed by atoms with Crippen LogP contribution in [0.25, 0.3) is 0 Å². The van der Waals surface area contributed by atoms with E-state index in [0.29, 0.717) is 11.3 Å². The van der Waals surface area contributed by atoms with Gasteiger partial charge in [-0.2, -0.15) is 0 Å². The van der Waals surface area contributed by atoms with Crippen LogP contribution in [0, 0.1) is 17.0 Å². The highest BCUT2D eigenvalue weighted by Crippen LogP contribution is 2.30. The molecule has 0 spiro atoms. The minimum atomic E-state index is -0.477. The van der Waals surface area contributed by atoms with Gasteiger partial charge in [-0.3, -0.25) is 10.1 Å². The first kappa shape index (κ1) is 9.73. The highest BCUT2D eigenvalue weighted by atomic mass is 35.5. The number of hydrogen-bond donors (Lipinski definition) is 1. The SMILES string of the molecule is CNc1cnc(Cl)c(C)c1[N+](=O)[O-]. The summed E-state index contributed by atoms with van der Waals surface area (Å²) in [6, 6.07) is 0. The number of hydrogen-bond acceptors (Lipinski definition) is 4. The van der Waals surface area contributed by atoms with Crippen molar-refractivity contribution in [2.24, 2.45) is 0 Å². The lowest BCUT2D eigenvalue weighted by Gasteiger charge is -2.04. The summed E-state index contributed by atoms with van der Waals surface area (Å²) in [5.74, 6) is 0. The summed E-state index contributed by atoms with van der Waals surface area (Å²) in [6.45, 7) is 1.56. The van der Waals surface area contributed by atoms with E-state index in [-0.39, 0.29) is 10.8 Å². The standard InChI is InChI=1S/C7H8ClN3O2/c1-4-6(11(12)13)5(9-2)3-10-7(4)8/h3,9H,1-2H3. The third-order valence-electron chi connectivity index (χ3n) is 1.68. The molecule has 1 aromatic rings. The van der Waals surface area contributed by atoms with Gasteiger partial charge in [0.1, 0.15) is 10.8 Å². The third-order valence-corrected chi connectivity index (χ3v) is 2.06. The number of halogens is 1. The molecule has 0 aliphatic carbocycles. The molecule has 0 bridgehead atoms. The van der Waals surface area contributed by atoms with Crippen molar-refractivity contribution >= 4 is 23.0 Å². The fourth-order valence-corrected chi connectivity index (χ4v) is 1.14. The Morgan fingerprint density at radius 1 is 1.69 bits per heavy atom. The van der Waals surface area contributed by atoms with Crippen LogP contribution >= 0.6 is 11.6 Å². The van der Waals surface area contributed by atoms with Crippen LogP contribution in [0.5, 0.6) is 0 Å². The highest BCUT2D eigenvalue weighted by Gasteiger charge is 2.19. The van der Waals surface area contributed by atoms with Gasteiger partial charge in [0.15, 0.2) is 0 Å². The van der Waals surface area contributed by atoms with Gasteiger partial charge in [-0.05, 0) is 6.92 Å². The molecule has 0 unspecified atom stereocenters. The van der Waals surface area contributed by atoms with Gasteiger partial charge in [-0.1, -0.05) is 11.6 Å². The van der Waals surface area contributed by atoms with Gasteiger partial charge in [0, 0.05) is 7.05 Å². The lowest BCUT2D eigenvalue weighted by molar-refractivity contribution is -0.384. The van der Waals surface area contributed by atoms with E-state index in [9.17, 15) is 10.1 Å². The number of anilines is 1. The number of nitrogens with zero attached hydrogens (tertiary/aromatic N) is 2. The molecule has 1 N–H and O–H groups in total.